The summed E-state index contributed by atoms with van der Waals surface area (Å²) in [6, 6.07) is 28.9. The molecule has 2 bridgehead atoms. The molecular weight excluding hydrogens is 965 g/mol. The van der Waals surface area contributed by atoms with Gasteiger partial charge in [-0.3, -0.25) is 14.4 Å². The number of hydrogen-bond donors (Lipinski definition) is 0. The lowest BCUT2D eigenvalue weighted by Gasteiger charge is -2.29. The number of esters is 3. The fourth-order valence-electron chi connectivity index (χ4n) is 7.66. The SMILES string of the molecule is CO/C=C(/C(=O)CC1OC(=O)C(C(OC)OC)c2ccccc2Oc2cc(ncn2)Oc2ccccc2C(C(OC)OC)C(=O)O1)c1ccccc1Oc1cc(Oc2ccccc2/C(=C\OC)C(=O)OC)ncn1. The number of ether oxygens (including phenoxy) is 13. The average molecular weight is 1010 g/mol. The first-order valence-electron chi connectivity index (χ1n) is 22.4. The Labute approximate surface area is 424 Å². The first-order chi connectivity index (χ1) is 36.0. The molecule has 2 unspecified atom stereocenters. The van der Waals surface area contributed by atoms with E-state index < -0.39 is 60.8 Å². The highest BCUT2D eigenvalue weighted by Gasteiger charge is 2.41. The molecule has 0 amide bonds. The third-order valence-corrected chi connectivity index (χ3v) is 11.0. The maximum Gasteiger partial charge on any atom is 0.341 e. The van der Waals surface area contributed by atoms with Gasteiger partial charge in [0, 0.05) is 50.7 Å². The van der Waals surface area contributed by atoms with Gasteiger partial charge < -0.3 is 61.6 Å². The number of methoxy groups -OCH3 is 7. The van der Waals surface area contributed by atoms with Crippen LogP contribution in [-0.4, -0.2) is 112 Å². The van der Waals surface area contributed by atoms with E-state index in [9.17, 15) is 19.2 Å². The minimum Gasteiger partial charge on any atom is -0.504 e. The zero-order chi connectivity index (χ0) is 52.6. The lowest BCUT2D eigenvalue weighted by Crippen LogP contribution is -2.38. The van der Waals surface area contributed by atoms with E-state index in [0.29, 0.717) is 5.56 Å². The van der Waals surface area contributed by atoms with Crippen molar-refractivity contribution in [3.8, 4) is 46.5 Å². The summed E-state index contributed by atoms with van der Waals surface area (Å²) in [7, 11) is 9.21. The normalized spacial score (nSPS) is 16.1. The van der Waals surface area contributed by atoms with E-state index >= 15 is 0 Å². The Morgan fingerprint density at radius 1 is 0.554 bits per heavy atom. The van der Waals surface area contributed by atoms with E-state index in [-0.39, 0.29) is 74.4 Å². The number of carbonyl (C=O) groups excluding carboxylic acids is 4. The molecule has 21 heteroatoms. The Kier molecular flexibility index (Phi) is 18.3. The van der Waals surface area contributed by atoms with Gasteiger partial charge in [-0.1, -0.05) is 72.8 Å². The number of ketones is 1. The summed E-state index contributed by atoms with van der Waals surface area (Å²) in [5.41, 5.74) is 0.922. The van der Waals surface area contributed by atoms with Gasteiger partial charge in [0.25, 0.3) is 6.29 Å². The van der Waals surface area contributed by atoms with Crippen molar-refractivity contribution in [3.63, 3.8) is 0 Å². The molecule has 4 aromatic carbocycles. The molecule has 74 heavy (non-hydrogen) atoms. The highest BCUT2D eigenvalue weighted by molar-refractivity contribution is 6.21. The number of fused-ring (bicyclic) bond motifs is 4. The van der Waals surface area contributed by atoms with Crippen molar-refractivity contribution in [2.75, 3.05) is 49.8 Å². The van der Waals surface area contributed by atoms with E-state index in [1.54, 1.807) is 97.1 Å². The maximum atomic E-state index is 14.9. The van der Waals surface area contributed by atoms with Gasteiger partial charge in [-0.05, 0) is 24.3 Å². The van der Waals surface area contributed by atoms with Gasteiger partial charge in [0.1, 0.15) is 53.1 Å². The van der Waals surface area contributed by atoms with Crippen LogP contribution in [0.1, 0.15) is 40.5 Å². The number of carbonyl (C=O) groups is 4. The summed E-state index contributed by atoms with van der Waals surface area (Å²) < 4.78 is 75.0. The Balaban J connectivity index is 1.26. The van der Waals surface area contributed by atoms with Crippen LogP contribution in [0.4, 0.5) is 0 Å². The number of para-hydroxylation sites is 4. The molecule has 1 aliphatic rings. The molecule has 0 spiro atoms. The topological polar surface area (TPSA) is 240 Å². The van der Waals surface area contributed by atoms with Crippen LogP contribution in [0.5, 0.6) is 46.5 Å². The lowest BCUT2D eigenvalue weighted by atomic mass is 9.96. The highest BCUT2D eigenvalue weighted by Crippen LogP contribution is 2.40. The van der Waals surface area contributed by atoms with Crippen LogP contribution in [0.2, 0.25) is 0 Å². The third-order valence-electron chi connectivity index (χ3n) is 11.0. The molecule has 0 aliphatic carbocycles. The molecule has 1 aliphatic heterocycles. The number of rotatable bonds is 18. The Morgan fingerprint density at radius 3 is 1.46 bits per heavy atom. The van der Waals surface area contributed by atoms with Gasteiger partial charge in [-0.2, -0.15) is 0 Å². The first kappa shape index (κ1) is 53.0. The average Bonchev–Trinajstić information content (AvgIpc) is 3.41. The van der Waals surface area contributed by atoms with Crippen LogP contribution < -0.4 is 18.9 Å². The molecule has 384 valence electrons. The fraction of sp³-hybridized carbons (Fsp3) is 0.245. The second-order valence-corrected chi connectivity index (χ2v) is 15.5. The predicted octanol–water partition coefficient (Wildman–Crippen LogP) is 8.07. The van der Waals surface area contributed by atoms with Gasteiger partial charge in [0.05, 0.1) is 58.0 Å². The minimum absolute atomic E-state index is 0.0180. The summed E-state index contributed by atoms with van der Waals surface area (Å²) in [4.78, 5) is 74.0. The second kappa shape index (κ2) is 25.6. The number of aromatic nitrogens is 4. The zero-order valence-electron chi connectivity index (χ0n) is 41.0. The van der Waals surface area contributed by atoms with E-state index in [4.69, 9.17) is 61.6 Å². The number of nitrogens with zero attached hydrogens (tertiary/aromatic N) is 4. The van der Waals surface area contributed by atoms with E-state index in [1.165, 1.54) is 80.8 Å². The van der Waals surface area contributed by atoms with Gasteiger partial charge in [-0.25, -0.2) is 24.7 Å². The largest absolute Gasteiger partial charge is 0.504 e. The van der Waals surface area contributed by atoms with Gasteiger partial charge in [0.15, 0.2) is 18.4 Å². The summed E-state index contributed by atoms with van der Waals surface area (Å²) in [5.74, 6) is -5.72. The molecule has 0 N–H and O–H groups in total. The number of allylic oxidation sites excluding steroid dienone is 1. The predicted molar refractivity (Wildman–Crippen MR) is 259 cm³/mol. The number of cyclic esters (lactones) is 2. The standard InChI is InChI=1S/C53H50N4O17/c1-62-27-35(31-16-8-12-20-38(31)69-42-25-43(55-29-54-42)70-39-21-13-9-17-32(39)36(28-63-2)49(59)64-3)37(58)24-46-73-50(60)47(52(65-4)66-5)33-18-10-14-22-40(33)71-44-26-45(57-30-56-44)72-41-23-15-11-19-34(41)48(51(61)74-46)53(67-6)68-7/h8-23,25-30,46-48,52-53H,24H2,1-7H3/b35-27+,36-28+. The van der Waals surface area contributed by atoms with Crippen molar-refractivity contribution in [1.82, 2.24) is 19.9 Å². The molecule has 21 nitrogen and oxygen atoms in total. The van der Waals surface area contributed by atoms with E-state index in [0.717, 1.165) is 6.26 Å². The molecule has 3 heterocycles. The van der Waals surface area contributed by atoms with Crippen molar-refractivity contribution < 1.29 is 80.8 Å². The Bertz CT molecular complexity index is 2900. The molecular formula is C53H50N4O17. The van der Waals surface area contributed by atoms with Crippen LogP contribution >= 0.6 is 0 Å². The van der Waals surface area contributed by atoms with Crippen LogP contribution in [-0.2, 0) is 61.8 Å². The summed E-state index contributed by atoms with van der Waals surface area (Å²) in [6.45, 7) is 0. The van der Waals surface area contributed by atoms with Crippen molar-refractivity contribution in [1.29, 1.82) is 0 Å². The minimum atomic E-state index is -1.96. The summed E-state index contributed by atoms with van der Waals surface area (Å²) in [5, 5.41) is 0. The zero-order valence-corrected chi connectivity index (χ0v) is 41.0. The monoisotopic (exact) mass is 1010 g/mol. The molecule has 6 aromatic rings. The first-order valence-corrected chi connectivity index (χ1v) is 22.4. The van der Waals surface area contributed by atoms with Crippen molar-refractivity contribution in [2.45, 2.75) is 37.1 Å². The molecule has 7 rings (SSSR count). The summed E-state index contributed by atoms with van der Waals surface area (Å²) in [6.07, 6.45) is -0.586. The molecule has 0 saturated heterocycles. The van der Waals surface area contributed by atoms with Crippen LogP contribution in [0.15, 0.2) is 134 Å². The van der Waals surface area contributed by atoms with Gasteiger partial charge in [0.2, 0.25) is 23.5 Å². The van der Waals surface area contributed by atoms with E-state index in [2.05, 4.69) is 19.9 Å². The van der Waals surface area contributed by atoms with Crippen LogP contribution in [0, 0.1) is 0 Å². The van der Waals surface area contributed by atoms with Crippen LogP contribution in [0.25, 0.3) is 11.1 Å². The van der Waals surface area contributed by atoms with Crippen LogP contribution in [0.3, 0.4) is 0 Å². The number of benzene rings is 4. The number of Topliss-reactive ketones (excluding diaryl/α,β-unsaturated/α-hetero) is 1. The van der Waals surface area contributed by atoms with Crippen molar-refractivity contribution in [2.24, 2.45) is 0 Å². The molecule has 2 aromatic heterocycles. The van der Waals surface area contributed by atoms with Gasteiger partial charge >= 0.3 is 17.9 Å². The molecule has 0 saturated carbocycles. The molecule has 0 fully saturated rings. The van der Waals surface area contributed by atoms with Crippen molar-refractivity contribution in [3.05, 3.63) is 157 Å². The van der Waals surface area contributed by atoms with E-state index in [1.807, 2.05) is 0 Å². The van der Waals surface area contributed by atoms with Crippen molar-refractivity contribution >= 4 is 34.8 Å². The highest BCUT2D eigenvalue weighted by atomic mass is 16.7. The fourth-order valence-corrected chi connectivity index (χ4v) is 7.66. The smallest absolute Gasteiger partial charge is 0.341 e. The lowest BCUT2D eigenvalue weighted by molar-refractivity contribution is -0.204. The second-order valence-electron chi connectivity index (χ2n) is 15.5. The maximum absolute atomic E-state index is 14.9. The van der Waals surface area contributed by atoms with Gasteiger partial charge in [-0.15, -0.1) is 0 Å². The third kappa shape index (κ3) is 12.6. The Morgan fingerprint density at radius 2 is 0.986 bits per heavy atom. The molecule has 2 atom stereocenters. The number of hydrogen-bond acceptors (Lipinski definition) is 21. The quantitative estimate of drug-likeness (QED) is 0.0342. The summed E-state index contributed by atoms with van der Waals surface area (Å²) >= 11 is 0. The Hall–Kier alpha value is -8.76. The molecule has 0 radical (unpaired) electrons.